The van der Waals surface area contributed by atoms with Crippen LogP contribution < -0.4 is 0 Å². The summed E-state index contributed by atoms with van der Waals surface area (Å²) in [5, 5.41) is 4.04. The highest BCUT2D eigenvalue weighted by Gasteiger charge is 2.01. The van der Waals surface area contributed by atoms with Crippen molar-refractivity contribution >= 4 is 12.8 Å². The maximum absolute atomic E-state index is 5.12. The van der Waals surface area contributed by atoms with E-state index in [9.17, 15) is 0 Å². The molecule has 3 nitrogen and oxygen atoms in total. The van der Waals surface area contributed by atoms with Crippen LogP contribution in [0.2, 0.25) is 0 Å². The maximum atomic E-state index is 5.12. The van der Waals surface area contributed by atoms with Crippen molar-refractivity contribution < 1.29 is 4.42 Å². The molecule has 0 amide bonds. The normalized spacial score (nSPS) is 10.3. The molecule has 4 heteroatoms. The average molecular weight is 166 g/mol. The van der Waals surface area contributed by atoms with Crippen LogP contribution in [0.15, 0.2) is 35.1 Å². The molecule has 2 heterocycles. The zero-order valence-electron chi connectivity index (χ0n) is 5.64. The zero-order valence-corrected chi connectivity index (χ0v) is 6.53. The van der Waals surface area contributed by atoms with Gasteiger partial charge in [-0.15, -0.1) is 0 Å². The number of hydrogen-bond acceptors (Lipinski definition) is 3. The van der Waals surface area contributed by atoms with E-state index in [-0.39, 0.29) is 0 Å². The van der Waals surface area contributed by atoms with Crippen molar-refractivity contribution in [3.8, 4) is 11.5 Å². The molecule has 0 unspecified atom stereocenters. The topological polar surface area (TPSA) is 31.0 Å². The van der Waals surface area contributed by atoms with E-state index in [2.05, 4.69) is 17.9 Å². The third-order valence-corrected chi connectivity index (χ3v) is 1.57. The third kappa shape index (κ3) is 1.17. The second kappa shape index (κ2) is 2.47. The largest absolute Gasteiger partial charge is 0.463 e. The molecule has 2 aromatic heterocycles. The van der Waals surface area contributed by atoms with Gasteiger partial charge in [0.25, 0.3) is 0 Å². The summed E-state index contributed by atoms with van der Waals surface area (Å²) in [6.45, 7) is 0. The molecule has 0 aliphatic rings. The van der Waals surface area contributed by atoms with Crippen LogP contribution >= 0.6 is 12.8 Å². The van der Waals surface area contributed by atoms with Gasteiger partial charge in [-0.05, 0) is 31.0 Å². The van der Waals surface area contributed by atoms with Crippen LogP contribution in [0.3, 0.4) is 0 Å². The van der Waals surface area contributed by atoms with E-state index in [1.165, 1.54) is 4.09 Å². The Labute approximate surface area is 69.2 Å². The number of thiol groups is 1. The van der Waals surface area contributed by atoms with Crippen molar-refractivity contribution in [3.05, 3.63) is 30.7 Å². The molecule has 0 aromatic carbocycles. The number of hydrogen-bond donors (Lipinski definition) is 1. The van der Waals surface area contributed by atoms with Gasteiger partial charge in [0.2, 0.25) is 0 Å². The summed E-state index contributed by atoms with van der Waals surface area (Å²) >= 11 is 4.00. The van der Waals surface area contributed by atoms with Gasteiger partial charge in [-0.3, -0.25) is 0 Å². The summed E-state index contributed by atoms with van der Waals surface area (Å²) in [5.74, 6) is 0.762. The van der Waals surface area contributed by atoms with Crippen LogP contribution in [-0.4, -0.2) is 9.19 Å². The summed E-state index contributed by atoms with van der Waals surface area (Å²) in [5.41, 5.74) is 0.796. The van der Waals surface area contributed by atoms with Crippen molar-refractivity contribution in [2.45, 2.75) is 0 Å². The first kappa shape index (κ1) is 6.54. The summed E-state index contributed by atoms with van der Waals surface area (Å²) in [4.78, 5) is 0. The Kier molecular flexibility index (Phi) is 1.47. The molecule has 0 bridgehead atoms. The molecule has 0 N–H and O–H groups in total. The van der Waals surface area contributed by atoms with E-state index in [1.54, 1.807) is 12.5 Å². The smallest absolute Gasteiger partial charge is 0.154 e. The average Bonchev–Trinajstić information content (AvgIpc) is 2.55. The first-order chi connectivity index (χ1) is 5.36. The number of aromatic nitrogens is 2. The highest BCUT2D eigenvalue weighted by molar-refractivity contribution is 7.78. The van der Waals surface area contributed by atoms with Gasteiger partial charge in [0.1, 0.15) is 5.69 Å². The zero-order chi connectivity index (χ0) is 7.68. The molecular formula is C7H6N2OS. The van der Waals surface area contributed by atoms with Gasteiger partial charge in [0.15, 0.2) is 5.76 Å². The SMILES string of the molecule is Sn1ccc(-c2ccco2)n1. The first-order valence-corrected chi connectivity index (χ1v) is 3.55. The molecule has 0 aliphatic heterocycles. The third-order valence-electron chi connectivity index (χ3n) is 1.35. The predicted molar refractivity (Wildman–Crippen MR) is 44.3 cm³/mol. The van der Waals surface area contributed by atoms with Gasteiger partial charge in [0.05, 0.1) is 6.26 Å². The standard InChI is InChI=1S/C7H6N2OS/c11-9-4-3-6(8-9)7-2-1-5-10-7/h1-5,11H. The van der Waals surface area contributed by atoms with E-state index >= 15 is 0 Å². The van der Waals surface area contributed by atoms with Gasteiger partial charge in [-0.1, -0.05) is 0 Å². The van der Waals surface area contributed by atoms with Crippen molar-refractivity contribution in [1.29, 1.82) is 0 Å². The predicted octanol–water partition coefficient (Wildman–Crippen LogP) is 1.84. The van der Waals surface area contributed by atoms with Crippen molar-refractivity contribution in [1.82, 2.24) is 9.19 Å². The number of nitrogens with zero attached hydrogens (tertiary/aromatic N) is 2. The summed E-state index contributed by atoms with van der Waals surface area (Å²) in [6, 6.07) is 5.52. The molecule has 2 aromatic rings. The lowest BCUT2D eigenvalue weighted by Crippen LogP contribution is -1.79. The van der Waals surface area contributed by atoms with Gasteiger partial charge >= 0.3 is 0 Å². The van der Waals surface area contributed by atoms with Gasteiger partial charge in [-0.2, -0.15) is 5.10 Å². The van der Waals surface area contributed by atoms with Gasteiger partial charge in [0, 0.05) is 6.20 Å². The minimum Gasteiger partial charge on any atom is -0.463 e. The first-order valence-electron chi connectivity index (χ1n) is 3.15. The van der Waals surface area contributed by atoms with Crippen molar-refractivity contribution in [2.75, 3.05) is 0 Å². The summed E-state index contributed by atoms with van der Waals surface area (Å²) in [7, 11) is 0. The fourth-order valence-electron chi connectivity index (χ4n) is 0.870. The molecule has 0 atom stereocenters. The van der Waals surface area contributed by atoms with Gasteiger partial charge in [-0.25, -0.2) is 4.09 Å². The van der Waals surface area contributed by atoms with Crippen LogP contribution in [0.4, 0.5) is 0 Å². The van der Waals surface area contributed by atoms with Crippen LogP contribution in [0.1, 0.15) is 0 Å². The molecule has 0 fully saturated rings. The monoisotopic (exact) mass is 166 g/mol. The molecule has 56 valence electrons. The molecule has 0 spiro atoms. The minimum absolute atomic E-state index is 0.762. The van der Waals surface area contributed by atoms with E-state index < -0.39 is 0 Å². The number of furan rings is 1. The molecule has 0 saturated heterocycles. The quantitative estimate of drug-likeness (QED) is 0.655. The number of rotatable bonds is 1. The van der Waals surface area contributed by atoms with Crippen molar-refractivity contribution in [2.24, 2.45) is 0 Å². The summed E-state index contributed by atoms with van der Waals surface area (Å²) < 4.78 is 6.57. The Hall–Kier alpha value is -1.16. The fourth-order valence-corrected chi connectivity index (χ4v) is 1.03. The Morgan fingerprint density at radius 3 is 2.91 bits per heavy atom. The molecule has 11 heavy (non-hydrogen) atoms. The van der Waals surface area contributed by atoms with E-state index in [1.807, 2.05) is 18.2 Å². The maximum Gasteiger partial charge on any atom is 0.154 e. The second-order valence-electron chi connectivity index (χ2n) is 2.10. The van der Waals surface area contributed by atoms with Crippen LogP contribution in [0, 0.1) is 0 Å². The Balaban J connectivity index is 2.45. The Morgan fingerprint density at radius 2 is 2.36 bits per heavy atom. The lowest BCUT2D eigenvalue weighted by Gasteiger charge is -1.86. The molecule has 2 rings (SSSR count). The van der Waals surface area contributed by atoms with Crippen LogP contribution in [-0.2, 0) is 0 Å². The van der Waals surface area contributed by atoms with E-state index in [0.29, 0.717) is 0 Å². The Morgan fingerprint density at radius 1 is 1.45 bits per heavy atom. The lowest BCUT2D eigenvalue weighted by molar-refractivity contribution is 0.579. The fraction of sp³-hybridized carbons (Fsp3) is 0. The van der Waals surface area contributed by atoms with E-state index in [0.717, 1.165) is 11.5 Å². The van der Waals surface area contributed by atoms with Crippen LogP contribution in [0.5, 0.6) is 0 Å². The van der Waals surface area contributed by atoms with Crippen LogP contribution in [0.25, 0.3) is 11.5 Å². The molecule has 0 aliphatic carbocycles. The van der Waals surface area contributed by atoms with Crippen molar-refractivity contribution in [3.63, 3.8) is 0 Å². The summed E-state index contributed by atoms with van der Waals surface area (Å²) in [6.07, 6.45) is 3.37. The second-order valence-corrected chi connectivity index (χ2v) is 2.51. The highest BCUT2D eigenvalue weighted by Crippen LogP contribution is 2.16. The van der Waals surface area contributed by atoms with Gasteiger partial charge < -0.3 is 4.42 Å². The molecule has 0 saturated carbocycles. The Bertz CT molecular complexity index is 339. The lowest BCUT2D eigenvalue weighted by atomic mass is 10.3. The minimum atomic E-state index is 0.762. The van der Waals surface area contributed by atoms with E-state index in [4.69, 9.17) is 4.42 Å². The molecular weight excluding hydrogens is 160 g/mol. The highest BCUT2D eigenvalue weighted by atomic mass is 32.1. The molecule has 0 radical (unpaired) electrons.